The number of ketones is 1. The quantitative estimate of drug-likeness (QED) is 0.599. The molecule has 1 aliphatic rings. The van der Waals surface area contributed by atoms with Crippen LogP contribution in [-0.2, 0) is 4.84 Å². The van der Waals surface area contributed by atoms with Crippen molar-refractivity contribution in [3.05, 3.63) is 59.0 Å². The van der Waals surface area contributed by atoms with Crippen LogP contribution in [0.25, 0.3) is 0 Å². The van der Waals surface area contributed by atoms with E-state index in [1.807, 2.05) is 18.2 Å². The minimum Gasteiger partial charge on any atom is -0.460 e. The highest BCUT2D eigenvalue weighted by Gasteiger charge is 2.30. The molecular formula is C13H9NO3. The van der Waals surface area contributed by atoms with E-state index in [-0.39, 0.29) is 5.78 Å². The molecule has 0 aliphatic heterocycles. The highest BCUT2D eigenvalue weighted by atomic mass is 16.6. The summed E-state index contributed by atoms with van der Waals surface area (Å²) in [7, 11) is 1.48. The van der Waals surface area contributed by atoms with Crippen molar-refractivity contribution in [2.75, 3.05) is 7.11 Å². The molecule has 0 spiro atoms. The first-order valence-corrected chi connectivity index (χ1v) is 5.16. The van der Waals surface area contributed by atoms with Crippen molar-refractivity contribution in [1.82, 2.24) is 0 Å². The van der Waals surface area contributed by atoms with Gasteiger partial charge in [0.2, 0.25) is 5.78 Å². The fourth-order valence-electron chi connectivity index (χ4n) is 2.02. The van der Waals surface area contributed by atoms with E-state index < -0.39 is 0 Å². The molecule has 0 atom stereocenters. The smallest absolute Gasteiger partial charge is 0.229 e. The first-order chi connectivity index (χ1) is 8.33. The van der Waals surface area contributed by atoms with E-state index in [4.69, 9.17) is 9.25 Å². The molecule has 0 N–H and O–H groups in total. The lowest BCUT2D eigenvalue weighted by molar-refractivity contribution is 0.101. The first kappa shape index (κ1) is 9.84. The second-order valence-corrected chi connectivity index (χ2v) is 3.66. The van der Waals surface area contributed by atoms with Crippen LogP contribution >= 0.6 is 0 Å². The fraction of sp³-hybridized carbons (Fsp3) is 0.0769. The standard InChI is InChI=1S/C13H9NO3/c1-16-14-11-8-4-2-3-5-9(8)12(15)13-10(11)6-7-17-13/h2-7H,1H3/b14-11-. The molecule has 3 rings (SSSR count). The summed E-state index contributed by atoms with van der Waals surface area (Å²) in [4.78, 5) is 17.0. The summed E-state index contributed by atoms with van der Waals surface area (Å²) in [5, 5.41) is 3.98. The predicted molar refractivity (Wildman–Crippen MR) is 61.2 cm³/mol. The minimum atomic E-state index is -0.115. The number of fused-ring (bicyclic) bond motifs is 2. The zero-order valence-corrected chi connectivity index (χ0v) is 9.14. The van der Waals surface area contributed by atoms with Gasteiger partial charge < -0.3 is 9.25 Å². The summed E-state index contributed by atoms with van der Waals surface area (Å²) < 4.78 is 5.22. The van der Waals surface area contributed by atoms with E-state index >= 15 is 0 Å². The highest BCUT2D eigenvalue weighted by Crippen LogP contribution is 2.28. The van der Waals surface area contributed by atoms with Crippen molar-refractivity contribution in [2.24, 2.45) is 5.16 Å². The Morgan fingerprint density at radius 1 is 1.12 bits per heavy atom. The maximum absolute atomic E-state index is 12.1. The van der Waals surface area contributed by atoms with Gasteiger partial charge in [0.25, 0.3) is 0 Å². The van der Waals surface area contributed by atoms with E-state index in [9.17, 15) is 4.79 Å². The summed E-state index contributed by atoms with van der Waals surface area (Å²) in [6.07, 6.45) is 1.49. The number of benzene rings is 1. The molecule has 0 amide bonds. The number of carbonyl (C=O) groups excluding carboxylic acids is 1. The fourth-order valence-corrected chi connectivity index (χ4v) is 2.02. The Kier molecular flexibility index (Phi) is 2.08. The number of nitrogens with zero attached hydrogens (tertiary/aromatic N) is 1. The molecule has 1 heterocycles. The van der Waals surface area contributed by atoms with Crippen molar-refractivity contribution < 1.29 is 14.0 Å². The lowest BCUT2D eigenvalue weighted by atomic mass is 9.88. The van der Waals surface area contributed by atoms with Crippen molar-refractivity contribution in [3.63, 3.8) is 0 Å². The number of rotatable bonds is 1. The van der Waals surface area contributed by atoms with Gasteiger partial charge in [-0.15, -0.1) is 0 Å². The molecule has 0 saturated carbocycles. The van der Waals surface area contributed by atoms with Gasteiger partial charge in [0.1, 0.15) is 12.8 Å². The molecule has 1 aromatic heterocycles. The zero-order valence-electron chi connectivity index (χ0n) is 9.14. The second-order valence-electron chi connectivity index (χ2n) is 3.66. The molecular weight excluding hydrogens is 218 g/mol. The Balaban J connectivity index is 2.33. The normalized spacial score (nSPS) is 15.6. The van der Waals surface area contributed by atoms with Crippen LogP contribution in [0.15, 0.2) is 46.2 Å². The van der Waals surface area contributed by atoms with Crippen LogP contribution in [0.4, 0.5) is 0 Å². The number of oxime groups is 1. The average molecular weight is 227 g/mol. The summed E-state index contributed by atoms with van der Waals surface area (Å²) in [6.45, 7) is 0. The van der Waals surface area contributed by atoms with Crippen LogP contribution in [0.2, 0.25) is 0 Å². The highest BCUT2D eigenvalue weighted by molar-refractivity contribution is 6.28. The Labute approximate surface area is 97.5 Å². The van der Waals surface area contributed by atoms with E-state index in [1.54, 1.807) is 12.1 Å². The third kappa shape index (κ3) is 1.30. The molecule has 0 saturated heterocycles. The van der Waals surface area contributed by atoms with E-state index in [2.05, 4.69) is 5.16 Å². The zero-order chi connectivity index (χ0) is 11.8. The van der Waals surface area contributed by atoms with Gasteiger partial charge in [0.15, 0.2) is 5.76 Å². The van der Waals surface area contributed by atoms with Gasteiger partial charge in [-0.25, -0.2) is 0 Å². The van der Waals surface area contributed by atoms with Crippen LogP contribution in [-0.4, -0.2) is 18.6 Å². The van der Waals surface area contributed by atoms with E-state index in [0.717, 1.165) is 5.56 Å². The van der Waals surface area contributed by atoms with Gasteiger partial charge >= 0.3 is 0 Å². The summed E-state index contributed by atoms with van der Waals surface area (Å²) in [6, 6.07) is 9.01. The molecule has 2 aromatic rings. The molecule has 17 heavy (non-hydrogen) atoms. The summed E-state index contributed by atoms with van der Waals surface area (Å²) in [5.41, 5.74) is 2.67. The lowest BCUT2D eigenvalue weighted by Crippen LogP contribution is -2.19. The second kappa shape index (κ2) is 3.59. The van der Waals surface area contributed by atoms with Gasteiger partial charge in [-0.05, 0) is 6.07 Å². The largest absolute Gasteiger partial charge is 0.460 e. The van der Waals surface area contributed by atoms with Gasteiger partial charge in [0.05, 0.1) is 11.8 Å². The maximum Gasteiger partial charge on any atom is 0.229 e. The molecule has 0 unspecified atom stereocenters. The average Bonchev–Trinajstić information content (AvgIpc) is 2.84. The first-order valence-electron chi connectivity index (χ1n) is 5.16. The molecule has 0 fully saturated rings. The monoisotopic (exact) mass is 227 g/mol. The van der Waals surface area contributed by atoms with Crippen molar-refractivity contribution in [2.45, 2.75) is 0 Å². The Morgan fingerprint density at radius 2 is 1.88 bits per heavy atom. The third-order valence-electron chi connectivity index (χ3n) is 2.74. The minimum absolute atomic E-state index is 0.115. The van der Waals surface area contributed by atoms with Crippen molar-refractivity contribution in [1.29, 1.82) is 0 Å². The predicted octanol–water partition coefficient (Wildman–Crippen LogP) is 2.22. The molecule has 0 bridgehead atoms. The Bertz CT molecular complexity index is 625. The van der Waals surface area contributed by atoms with Crippen molar-refractivity contribution >= 4 is 11.5 Å². The maximum atomic E-state index is 12.1. The van der Waals surface area contributed by atoms with Gasteiger partial charge in [-0.1, -0.05) is 29.4 Å². The van der Waals surface area contributed by atoms with Gasteiger partial charge in [-0.2, -0.15) is 0 Å². The van der Waals surface area contributed by atoms with Crippen molar-refractivity contribution in [3.8, 4) is 0 Å². The summed E-state index contributed by atoms with van der Waals surface area (Å²) >= 11 is 0. The SMILES string of the molecule is CO/N=C1/c2ccccc2C(=O)c2occc21. The molecule has 84 valence electrons. The number of carbonyl (C=O) groups is 1. The Hall–Kier alpha value is -2.36. The van der Waals surface area contributed by atoms with Crippen LogP contribution in [0.3, 0.4) is 0 Å². The molecule has 1 aromatic carbocycles. The van der Waals surface area contributed by atoms with E-state index in [0.29, 0.717) is 22.6 Å². The molecule has 4 nitrogen and oxygen atoms in total. The number of furan rings is 1. The molecule has 0 radical (unpaired) electrons. The van der Waals surface area contributed by atoms with E-state index in [1.165, 1.54) is 13.4 Å². The number of hydrogen-bond acceptors (Lipinski definition) is 4. The van der Waals surface area contributed by atoms with Crippen LogP contribution in [0, 0.1) is 0 Å². The third-order valence-corrected chi connectivity index (χ3v) is 2.74. The molecule has 4 heteroatoms. The number of hydrogen-bond donors (Lipinski definition) is 0. The van der Waals surface area contributed by atoms with Crippen LogP contribution in [0.5, 0.6) is 0 Å². The van der Waals surface area contributed by atoms with Gasteiger partial charge in [0, 0.05) is 11.1 Å². The molecule has 1 aliphatic carbocycles. The van der Waals surface area contributed by atoms with Crippen LogP contribution in [0.1, 0.15) is 27.2 Å². The van der Waals surface area contributed by atoms with Crippen LogP contribution < -0.4 is 0 Å². The Morgan fingerprint density at radius 3 is 2.65 bits per heavy atom. The summed E-state index contributed by atoms with van der Waals surface area (Å²) in [5.74, 6) is 0.204. The topological polar surface area (TPSA) is 51.8 Å². The van der Waals surface area contributed by atoms with Gasteiger partial charge in [-0.3, -0.25) is 4.79 Å². The lowest BCUT2D eigenvalue weighted by Gasteiger charge is -2.15.